The van der Waals surface area contributed by atoms with Crippen molar-refractivity contribution in [2.45, 2.75) is 25.9 Å². The van der Waals surface area contributed by atoms with E-state index in [4.69, 9.17) is 0 Å². The SMILES string of the molecule is CCc1cccc(NC(=O)NCCC(O)c2ccccc2)c1. The number of nitrogens with one attached hydrogen (secondary N) is 2. The summed E-state index contributed by atoms with van der Waals surface area (Å²) in [6.07, 6.45) is 0.845. The van der Waals surface area contributed by atoms with Gasteiger partial charge in [0.15, 0.2) is 0 Å². The Kier molecular flexibility index (Phi) is 5.98. The number of carbonyl (C=O) groups is 1. The normalized spacial score (nSPS) is 11.7. The standard InChI is InChI=1S/C18H22N2O2/c1-2-14-7-6-10-16(13-14)20-18(22)19-12-11-17(21)15-8-4-3-5-9-15/h3-10,13,17,21H,2,11-12H2,1H3,(H2,19,20,22). The first-order valence-electron chi connectivity index (χ1n) is 7.56. The molecule has 4 nitrogen and oxygen atoms in total. The van der Waals surface area contributed by atoms with Crippen LogP contribution in [0.4, 0.5) is 10.5 Å². The lowest BCUT2D eigenvalue weighted by Gasteiger charge is -2.12. The second kappa shape index (κ2) is 8.20. The van der Waals surface area contributed by atoms with Gasteiger partial charge in [-0.15, -0.1) is 0 Å². The Hall–Kier alpha value is -2.33. The van der Waals surface area contributed by atoms with Crippen molar-refractivity contribution < 1.29 is 9.90 Å². The Labute approximate surface area is 131 Å². The molecule has 4 heteroatoms. The Morgan fingerprint density at radius 3 is 2.64 bits per heavy atom. The van der Waals surface area contributed by atoms with Gasteiger partial charge in [-0.1, -0.05) is 49.4 Å². The third-order valence-electron chi connectivity index (χ3n) is 3.48. The summed E-state index contributed by atoms with van der Waals surface area (Å²) >= 11 is 0. The van der Waals surface area contributed by atoms with Gasteiger partial charge in [0.25, 0.3) is 0 Å². The molecule has 116 valence electrons. The lowest BCUT2D eigenvalue weighted by molar-refractivity contribution is 0.167. The quantitative estimate of drug-likeness (QED) is 0.764. The number of amides is 2. The van der Waals surface area contributed by atoms with Crippen molar-refractivity contribution in [2.75, 3.05) is 11.9 Å². The number of hydrogen-bond donors (Lipinski definition) is 3. The second-order valence-corrected chi connectivity index (χ2v) is 5.15. The first-order chi connectivity index (χ1) is 10.7. The predicted octanol–water partition coefficient (Wildman–Crippen LogP) is 3.49. The Bertz CT molecular complexity index is 599. The fourth-order valence-corrected chi connectivity index (χ4v) is 2.21. The van der Waals surface area contributed by atoms with Crippen molar-refractivity contribution in [3.63, 3.8) is 0 Å². The smallest absolute Gasteiger partial charge is 0.319 e. The largest absolute Gasteiger partial charge is 0.388 e. The van der Waals surface area contributed by atoms with Gasteiger partial charge >= 0.3 is 6.03 Å². The number of aliphatic hydroxyl groups is 1. The topological polar surface area (TPSA) is 61.4 Å². The van der Waals surface area contributed by atoms with Gasteiger partial charge < -0.3 is 15.7 Å². The zero-order chi connectivity index (χ0) is 15.8. The zero-order valence-electron chi connectivity index (χ0n) is 12.8. The Balaban J connectivity index is 1.76. The second-order valence-electron chi connectivity index (χ2n) is 5.15. The van der Waals surface area contributed by atoms with E-state index < -0.39 is 6.10 Å². The van der Waals surface area contributed by atoms with Gasteiger partial charge in [0.2, 0.25) is 0 Å². The summed E-state index contributed by atoms with van der Waals surface area (Å²) in [5.41, 5.74) is 2.82. The van der Waals surface area contributed by atoms with E-state index in [9.17, 15) is 9.90 Å². The minimum absolute atomic E-state index is 0.256. The van der Waals surface area contributed by atoms with Gasteiger partial charge in [-0.25, -0.2) is 4.79 Å². The molecule has 2 aromatic carbocycles. The molecule has 0 aliphatic heterocycles. The summed E-state index contributed by atoms with van der Waals surface area (Å²) in [5, 5.41) is 15.6. The molecular weight excluding hydrogens is 276 g/mol. The first kappa shape index (κ1) is 16.0. The van der Waals surface area contributed by atoms with Crippen molar-refractivity contribution in [3.8, 4) is 0 Å². The minimum Gasteiger partial charge on any atom is -0.388 e. The van der Waals surface area contributed by atoms with Crippen LogP contribution in [-0.4, -0.2) is 17.7 Å². The van der Waals surface area contributed by atoms with Gasteiger partial charge in [0, 0.05) is 12.2 Å². The molecule has 2 amide bonds. The molecule has 0 saturated heterocycles. The number of hydrogen-bond acceptors (Lipinski definition) is 2. The molecule has 1 atom stereocenters. The molecule has 0 heterocycles. The van der Waals surface area contributed by atoms with Crippen LogP contribution in [0.5, 0.6) is 0 Å². The van der Waals surface area contributed by atoms with Crippen LogP contribution in [0.25, 0.3) is 0 Å². The molecule has 0 bridgehead atoms. The maximum atomic E-state index is 11.8. The van der Waals surface area contributed by atoms with Crippen LogP contribution in [0.3, 0.4) is 0 Å². The molecule has 22 heavy (non-hydrogen) atoms. The summed E-state index contributed by atoms with van der Waals surface area (Å²) in [5.74, 6) is 0. The lowest BCUT2D eigenvalue weighted by atomic mass is 10.1. The van der Waals surface area contributed by atoms with Crippen LogP contribution >= 0.6 is 0 Å². The summed E-state index contributed by atoms with van der Waals surface area (Å²) in [6.45, 7) is 2.49. The monoisotopic (exact) mass is 298 g/mol. The number of rotatable bonds is 6. The summed E-state index contributed by atoms with van der Waals surface area (Å²) in [7, 11) is 0. The molecule has 0 saturated carbocycles. The summed E-state index contributed by atoms with van der Waals surface area (Å²) < 4.78 is 0. The van der Waals surface area contributed by atoms with Gasteiger partial charge in [-0.3, -0.25) is 0 Å². The van der Waals surface area contributed by atoms with Gasteiger partial charge in [-0.2, -0.15) is 0 Å². The van der Waals surface area contributed by atoms with Crippen LogP contribution in [-0.2, 0) is 6.42 Å². The molecule has 3 N–H and O–H groups in total. The number of urea groups is 1. The van der Waals surface area contributed by atoms with Crippen molar-refractivity contribution in [1.29, 1.82) is 0 Å². The lowest BCUT2D eigenvalue weighted by Crippen LogP contribution is -2.30. The average Bonchev–Trinajstić information content (AvgIpc) is 2.55. The highest BCUT2D eigenvalue weighted by Gasteiger charge is 2.07. The van der Waals surface area contributed by atoms with Crippen molar-refractivity contribution >= 4 is 11.7 Å². The molecule has 2 rings (SSSR count). The highest BCUT2D eigenvalue weighted by atomic mass is 16.3. The Morgan fingerprint density at radius 1 is 1.14 bits per heavy atom. The molecule has 2 aromatic rings. The van der Waals surface area contributed by atoms with E-state index in [0.717, 1.165) is 17.7 Å². The van der Waals surface area contributed by atoms with Crippen LogP contribution < -0.4 is 10.6 Å². The van der Waals surface area contributed by atoms with Crippen LogP contribution in [0.15, 0.2) is 54.6 Å². The third-order valence-corrected chi connectivity index (χ3v) is 3.48. The average molecular weight is 298 g/mol. The third kappa shape index (κ3) is 4.90. The predicted molar refractivity (Wildman–Crippen MR) is 88.9 cm³/mol. The fraction of sp³-hybridized carbons (Fsp3) is 0.278. The van der Waals surface area contributed by atoms with E-state index in [1.807, 2.05) is 54.6 Å². The molecule has 0 aliphatic rings. The number of aliphatic hydroxyl groups excluding tert-OH is 1. The van der Waals surface area contributed by atoms with Gasteiger partial charge in [-0.05, 0) is 36.1 Å². The Morgan fingerprint density at radius 2 is 1.91 bits per heavy atom. The molecular formula is C18H22N2O2. The zero-order valence-corrected chi connectivity index (χ0v) is 12.8. The van der Waals surface area contributed by atoms with Gasteiger partial charge in [0.1, 0.15) is 0 Å². The number of carbonyl (C=O) groups excluding carboxylic acids is 1. The van der Waals surface area contributed by atoms with Crippen molar-refractivity contribution in [1.82, 2.24) is 5.32 Å². The van der Waals surface area contributed by atoms with Crippen molar-refractivity contribution in [2.24, 2.45) is 0 Å². The molecule has 0 radical (unpaired) electrons. The van der Waals surface area contributed by atoms with Crippen molar-refractivity contribution in [3.05, 3.63) is 65.7 Å². The molecule has 0 fully saturated rings. The van der Waals surface area contributed by atoms with E-state index >= 15 is 0 Å². The maximum Gasteiger partial charge on any atom is 0.319 e. The van der Waals surface area contributed by atoms with Crippen LogP contribution in [0.2, 0.25) is 0 Å². The number of aryl methyl sites for hydroxylation is 1. The molecule has 1 unspecified atom stereocenters. The number of benzene rings is 2. The highest BCUT2D eigenvalue weighted by molar-refractivity contribution is 5.89. The molecule has 0 aliphatic carbocycles. The minimum atomic E-state index is -0.565. The summed E-state index contributed by atoms with van der Waals surface area (Å²) in [6, 6.07) is 16.9. The van der Waals surface area contributed by atoms with E-state index in [0.29, 0.717) is 13.0 Å². The van der Waals surface area contributed by atoms with Crippen LogP contribution in [0.1, 0.15) is 30.6 Å². The van der Waals surface area contributed by atoms with E-state index in [-0.39, 0.29) is 6.03 Å². The molecule has 0 spiro atoms. The highest BCUT2D eigenvalue weighted by Crippen LogP contribution is 2.15. The van der Waals surface area contributed by atoms with E-state index in [1.54, 1.807) is 0 Å². The molecule has 0 aromatic heterocycles. The fourth-order valence-electron chi connectivity index (χ4n) is 2.21. The van der Waals surface area contributed by atoms with Crippen LogP contribution in [0, 0.1) is 0 Å². The van der Waals surface area contributed by atoms with E-state index in [2.05, 4.69) is 17.6 Å². The maximum absolute atomic E-state index is 11.8. The van der Waals surface area contributed by atoms with E-state index in [1.165, 1.54) is 5.56 Å². The number of anilines is 1. The first-order valence-corrected chi connectivity index (χ1v) is 7.56. The van der Waals surface area contributed by atoms with Gasteiger partial charge in [0.05, 0.1) is 6.10 Å². The summed E-state index contributed by atoms with van der Waals surface area (Å²) in [4.78, 5) is 11.8.